The predicted octanol–water partition coefficient (Wildman–Crippen LogP) is 6.17. The Labute approximate surface area is 219 Å². The van der Waals surface area contributed by atoms with Crippen LogP contribution < -0.4 is 0 Å². The first-order valence-corrected chi connectivity index (χ1v) is 12.3. The Balaban J connectivity index is 1.49. The molecule has 1 aliphatic rings. The van der Waals surface area contributed by atoms with Crippen molar-refractivity contribution in [2.45, 2.75) is 31.5 Å². The average molecular weight is 510 g/mol. The average Bonchev–Trinajstić information content (AvgIpc) is 3.42. The summed E-state index contributed by atoms with van der Waals surface area (Å²) in [4.78, 5) is 2.24. The van der Waals surface area contributed by atoms with Crippen LogP contribution in [-0.4, -0.2) is 33.9 Å². The maximum Gasteiger partial charge on any atom is 0.247 e. The molecular weight excluding hydrogens is 484 g/mol. The molecule has 1 unspecified atom stereocenters. The van der Waals surface area contributed by atoms with Gasteiger partial charge in [0.2, 0.25) is 12.3 Å². The number of nitriles is 2. The number of alkyl halides is 1. The van der Waals surface area contributed by atoms with Crippen LogP contribution >= 0.6 is 0 Å². The van der Waals surface area contributed by atoms with Gasteiger partial charge in [-0.1, -0.05) is 24.3 Å². The third-order valence-electron chi connectivity index (χ3n) is 7.09. The predicted molar refractivity (Wildman–Crippen MR) is 137 cm³/mol. The van der Waals surface area contributed by atoms with E-state index >= 15 is 4.39 Å². The molecule has 190 valence electrons. The number of hydrogen-bond donors (Lipinski definition) is 0. The highest BCUT2D eigenvalue weighted by Gasteiger charge is 2.45. The minimum absolute atomic E-state index is 0.0941. The Morgan fingerprint density at radius 1 is 0.947 bits per heavy atom. The van der Waals surface area contributed by atoms with Crippen LogP contribution in [0.25, 0.3) is 11.5 Å². The molecule has 6 nitrogen and oxygen atoms in total. The molecule has 4 aromatic rings. The summed E-state index contributed by atoms with van der Waals surface area (Å²) < 4.78 is 35.2. The van der Waals surface area contributed by atoms with E-state index in [2.05, 4.69) is 21.2 Å². The molecule has 2 atom stereocenters. The second-order valence-electron chi connectivity index (χ2n) is 10.1. The molecule has 5 rings (SSSR count). The number of likely N-dealkylation sites (tertiary alicyclic amines) is 1. The minimum Gasteiger partial charge on any atom is -0.423 e. The summed E-state index contributed by atoms with van der Waals surface area (Å²) in [5.74, 6) is -0.820. The maximum atomic E-state index is 15.6. The Hall–Kier alpha value is -4.40. The van der Waals surface area contributed by atoms with Crippen LogP contribution in [0.2, 0.25) is 0 Å². The van der Waals surface area contributed by atoms with E-state index in [-0.39, 0.29) is 17.5 Å². The van der Waals surface area contributed by atoms with E-state index in [9.17, 15) is 14.9 Å². The van der Waals surface area contributed by atoms with Crippen LogP contribution in [-0.2, 0) is 0 Å². The minimum atomic E-state index is -1.63. The molecule has 0 spiro atoms. The van der Waals surface area contributed by atoms with Gasteiger partial charge in [0.15, 0.2) is 0 Å². The fourth-order valence-electron chi connectivity index (χ4n) is 5.55. The van der Waals surface area contributed by atoms with E-state index in [1.807, 2.05) is 42.5 Å². The van der Waals surface area contributed by atoms with E-state index in [1.54, 1.807) is 18.2 Å². The third-order valence-corrected chi connectivity index (χ3v) is 7.09. The summed E-state index contributed by atoms with van der Waals surface area (Å²) in [5.41, 5.74) is 2.36. The fraction of sp³-hybridized carbons (Fsp3) is 0.267. The van der Waals surface area contributed by atoms with Crippen molar-refractivity contribution in [3.8, 4) is 23.6 Å². The van der Waals surface area contributed by atoms with Crippen LogP contribution in [0.15, 0.2) is 77.5 Å². The van der Waals surface area contributed by atoms with Crippen molar-refractivity contribution in [2.75, 3.05) is 13.1 Å². The summed E-state index contributed by atoms with van der Waals surface area (Å²) in [6.07, 6.45) is 1.28. The first kappa shape index (κ1) is 25.3. The molecule has 38 heavy (non-hydrogen) atoms. The maximum absolute atomic E-state index is 15.6. The van der Waals surface area contributed by atoms with E-state index < -0.39 is 17.4 Å². The van der Waals surface area contributed by atoms with Crippen molar-refractivity contribution >= 4 is 0 Å². The Kier molecular flexibility index (Phi) is 6.75. The van der Waals surface area contributed by atoms with Gasteiger partial charge in [-0.25, -0.2) is 8.78 Å². The molecule has 1 aromatic heterocycles. The summed E-state index contributed by atoms with van der Waals surface area (Å²) >= 11 is 0. The van der Waals surface area contributed by atoms with E-state index in [0.29, 0.717) is 30.1 Å². The van der Waals surface area contributed by atoms with E-state index in [0.717, 1.165) is 22.8 Å². The second kappa shape index (κ2) is 10.2. The fourth-order valence-corrected chi connectivity index (χ4v) is 5.55. The van der Waals surface area contributed by atoms with Crippen LogP contribution in [0.4, 0.5) is 8.78 Å². The Morgan fingerprint density at radius 2 is 1.68 bits per heavy atom. The molecule has 0 aliphatic carbocycles. The topological polar surface area (TPSA) is 89.7 Å². The van der Waals surface area contributed by atoms with Crippen LogP contribution in [0.1, 0.15) is 53.6 Å². The Bertz CT molecular complexity index is 1510. The van der Waals surface area contributed by atoms with Gasteiger partial charge < -0.3 is 4.42 Å². The van der Waals surface area contributed by atoms with Crippen molar-refractivity contribution in [2.24, 2.45) is 5.92 Å². The molecule has 0 amide bonds. The normalized spacial score (nSPS) is 15.7. The number of aromatic nitrogens is 2. The largest absolute Gasteiger partial charge is 0.423 e. The molecule has 1 aliphatic heterocycles. The lowest BCUT2D eigenvalue weighted by Gasteiger charge is -2.50. The number of hydrogen-bond acceptors (Lipinski definition) is 6. The standard InChI is InChI=1S/C30H25F2N5O/c1-30(2,32)27(24-10-20(15-34)11-26(31)13-24)25-16-37(17-25)28(21-8-6-19(14-33)7-9-21)22-4-3-5-23(12-22)29-36-35-18-38-29/h3-13,18,25,27-28H,16-17H2,1-2H3/t27-,28?/m1/s1. The summed E-state index contributed by atoms with van der Waals surface area (Å²) in [6.45, 7) is 4.13. The zero-order valence-electron chi connectivity index (χ0n) is 21.0. The summed E-state index contributed by atoms with van der Waals surface area (Å²) in [6, 6.07) is 23.3. The molecular formula is C30H25F2N5O. The Morgan fingerprint density at radius 3 is 2.32 bits per heavy atom. The van der Waals surface area contributed by atoms with E-state index in [1.165, 1.54) is 26.3 Å². The lowest BCUT2D eigenvalue weighted by molar-refractivity contribution is 0.00813. The third kappa shape index (κ3) is 5.04. The van der Waals surface area contributed by atoms with Gasteiger partial charge in [0, 0.05) is 24.6 Å². The number of nitrogens with zero attached hydrogens (tertiary/aromatic N) is 5. The molecule has 1 saturated heterocycles. The van der Waals surface area contributed by atoms with Crippen molar-refractivity contribution in [1.29, 1.82) is 10.5 Å². The zero-order valence-corrected chi connectivity index (χ0v) is 21.0. The summed E-state index contributed by atoms with van der Waals surface area (Å²) in [5, 5.41) is 26.4. The van der Waals surface area contributed by atoms with Gasteiger partial charge in [0.25, 0.3) is 0 Å². The second-order valence-corrected chi connectivity index (χ2v) is 10.1. The first-order valence-electron chi connectivity index (χ1n) is 12.3. The monoisotopic (exact) mass is 509 g/mol. The molecule has 3 aromatic carbocycles. The smallest absolute Gasteiger partial charge is 0.247 e. The van der Waals surface area contributed by atoms with Gasteiger partial charge >= 0.3 is 0 Å². The molecule has 0 saturated carbocycles. The van der Waals surface area contributed by atoms with E-state index in [4.69, 9.17) is 4.42 Å². The van der Waals surface area contributed by atoms with Crippen molar-refractivity contribution < 1.29 is 13.2 Å². The van der Waals surface area contributed by atoms with Gasteiger partial charge in [-0.05, 0) is 78.9 Å². The number of benzene rings is 3. The lowest BCUT2D eigenvalue weighted by atomic mass is 9.72. The SMILES string of the molecule is CC(C)(F)[C@H](c1cc(F)cc(C#N)c1)C1CN(C(c2ccc(C#N)cc2)c2cccc(-c3nnco3)c2)C1. The van der Waals surface area contributed by atoms with Gasteiger partial charge in [-0.2, -0.15) is 10.5 Å². The molecule has 0 radical (unpaired) electrons. The van der Waals surface area contributed by atoms with Gasteiger partial charge in [-0.15, -0.1) is 10.2 Å². The van der Waals surface area contributed by atoms with Crippen molar-refractivity contribution in [3.05, 3.63) is 107 Å². The number of rotatable bonds is 7. The summed E-state index contributed by atoms with van der Waals surface area (Å²) in [7, 11) is 0. The van der Waals surface area contributed by atoms with Gasteiger partial charge in [-0.3, -0.25) is 4.90 Å². The highest BCUT2D eigenvalue weighted by molar-refractivity contribution is 5.55. The molecule has 0 bridgehead atoms. The highest BCUT2D eigenvalue weighted by atomic mass is 19.1. The van der Waals surface area contributed by atoms with Crippen LogP contribution in [0.3, 0.4) is 0 Å². The van der Waals surface area contributed by atoms with Crippen LogP contribution in [0.5, 0.6) is 0 Å². The number of halogens is 2. The van der Waals surface area contributed by atoms with Crippen molar-refractivity contribution in [3.63, 3.8) is 0 Å². The molecule has 0 N–H and O–H groups in total. The van der Waals surface area contributed by atoms with Gasteiger partial charge in [0.05, 0.1) is 29.3 Å². The molecule has 1 fully saturated rings. The molecule has 8 heteroatoms. The quantitative estimate of drug-likeness (QED) is 0.296. The molecule has 2 heterocycles. The van der Waals surface area contributed by atoms with Crippen molar-refractivity contribution in [1.82, 2.24) is 15.1 Å². The zero-order chi connectivity index (χ0) is 26.9. The highest BCUT2D eigenvalue weighted by Crippen LogP contribution is 2.46. The lowest BCUT2D eigenvalue weighted by Crippen LogP contribution is -2.53. The first-order chi connectivity index (χ1) is 18.3. The van der Waals surface area contributed by atoms with Gasteiger partial charge in [0.1, 0.15) is 11.5 Å². The van der Waals surface area contributed by atoms with Crippen LogP contribution in [0, 0.1) is 34.4 Å².